The van der Waals surface area contributed by atoms with Crippen LogP contribution >= 0.6 is 0 Å². The van der Waals surface area contributed by atoms with Crippen molar-refractivity contribution in [1.29, 1.82) is 0 Å². The van der Waals surface area contributed by atoms with Crippen LogP contribution in [0.25, 0.3) is 0 Å². The Hall–Kier alpha value is -1.83. The topological polar surface area (TPSA) is 9.23 Å². The molecular formula is C17H17FO. The third-order valence-corrected chi connectivity index (χ3v) is 3.99. The van der Waals surface area contributed by atoms with E-state index in [1.54, 1.807) is 6.07 Å². The van der Waals surface area contributed by atoms with Crippen molar-refractivity contribution in [3.05, 3.63) is 65.0 Å². The molecule has 0 fully saturated rings. The van der Waals surface area contributed by atoms with E-state index >= 15 is 0 Å². The van der Waals surface area contributed by atoms with Crippen LogP contribution in [0.3, 0.4) is 0 Å². The Balaban J connectivity index is 1.68. The molecule has 2 heteroatoms. The van der Waals surface area contributed by atoms with Crippen molar-refractivity contribution in [1.82, 2.24) is 0 Å². The standard InChI is InChI=1S/C17H17FO/c1-19-16-8-4-6-12(17(16)18)9-10-14-11-13-5-2-3-7-15(13)14/h2-8,14H,9-11H2,1H3. The molecule has 1 atom stereocenters. The molecule has 0 amide bonds. The molecule has 0 saturated carbocycles. The lowest BCUT2D eigenvalue weighted by molar-refractivity contribution is 0.383. The molecule has 0 aliphatic heterocycles. The van der Waals surface area contributed by atoms with Crippen molar-refractivity contribution in [2.45, 2.75) is 25.2 Å². The predicted octanol–water partition coefficient (Wildman–Crippen LogP) is 4.11. The van der Waals surface area contributed by atoms with Crippen LogP contribution in [0.15, 0.2) is 42.5 Å². The highest BCUT2D eigenvalue weighted by Gasteiger charge is 2.25. The van der Waals surface area contributed by atoms with Crippen LogP contribution in [0.1, 0.15) is 29.0 Å². The molecule has 0 N–H and O–H groups in total. The maximum absolute atomic E-state index is 14.0. The van der Waals surface area contributed by atoms with Gasteiger partial charge in [-0.1, -0.05) is 36.4 Å². The summed E-state index contributed by atoms with van der Waals surface area (Å²) in [6.45, 7) is 0. The predicted molar refractivity (Wildman–Crippen MR) is 74.2 cm³/mol. The Morgan fingerprint density at radius 1 is 1.16 bits per heavy atom. The maximum atomic E-state index is 14.0. The molecule has 0 heterocycles. The number of methoxy groups -OCH3 is 1. The minimum atomic E-state index is -0.211. The van der Waals surface area contributed by atoms with Gasteiger partial charge in [-0.3, -0.25) is 0 Å². The van der Waals surface area contributed by atoms with Crippen molar-refractivity contribution in [3.63, 3.8) is 0 Å². The molecule has 0 bridgehead atoms. The van der Waals surface area contributed by atoms with Gasteiger partial charge in [-0.05, 0) is 47.9 Å². The molecule has 3 rings (SSSR count). The Morgan fingerprint density at radius 3 is 2.79 bits per heavy atom. The van der Waals surface area contributed by atoms with Crippen LogP contribution in [0.4, 0.5) is 4.39 Å². The molecule has 2 aromatic rings. The quantitative estimate of drug-likeness (QED) is 0.800. The summed E-state index contributed by atoms with van der Waals surface area (Å²) in [5.41, 5.74) is 3.63. The third kappa shape index (κ3) is 2.23. The molecule has 2 aromatic carbocycles. The molecule has 1 aliphatic rings. The molecule has 1 unspecified atom stereocenters. The molecule has 0 spiro atoms. The van der Waals surface area contributed by atoms with Crippen LogP contribution in [-0.4, -0.2) is 7.11 Å². The average molecular weight is 256 g/mol. The largest absolute Gasteiger partial charge is 0.494 e. The Morgan fingerprint density at radius 2 is 2.00 bits per heavy atom. The fourth-order valence-electron chi connectivity index (χ4n) is 2.86. The number of rotatable bonds is 4. The summed E-state index contributed by atoms with van der Waals surface area (Å²) in [5, 5.41) is 0. The highest BCUT2D eigenvalue weighted by atomic mass is 19.1. The minimum absolute atomic E-state index is 0.211. The zero-order chi connectivity index (χ0) is 13.2. The normalized spacial score (nSPS) is 16.6. The van der Waals surface area contributed by atoms with Gasteiger partial charge in [0, 0.05) is 0 Å². The first-order chi connectivity index (χ1) is 9.29. The lowest BCUT2D eigenvalue weighted by Crippen LogP contribution is -2.17. The van der Waals surface area contributed by atoms with Gasteiger partial charge in [0.15, 0.2) is 11.6 Å². The maximum Gasteiger partial charge on any atom is 0.168 e. The third-order valence-electron chi connectivity index (χ3n) is 3.99. The van der Waals surface area contributed by atoms with E-state index in [9.17, 15) is 4.39 Å². The van der Waals surface area contributed by atoms with Gasteiger partial charge in [0.25, 0.3) is 0 Å². The first-order valence-corrected chi connectivity index (χ1v) is 6.69. The molecule has 98 valence electrons. The summed E-state index contributed by atoms with van der Waals surface area (Å²) in [5.74, 6) is 0.714. The highest BCUT2D eigenvalue weighted by Crippen LogP contribution is 2.38. The molecule has 0 saturated heterocycles. The summed E-state index contributed by atoms with van der Waals surface area (Å²) < 4.78 is 19.0. The van der Waals surface area contributed by atoms with Crippen LogP contribution in [0, 0.1) is 5.82 Å². The molecule has 0 radical (unpaired) electrons. The molecular weight excluding hydrogens is 239 g/mol. The fourth-order valence-corrected chi connectivity index (χ4v) is 2.86. The van der Waals surface area contributed by atoms with Gasteiger partial charge < -0.3 is 4.74 Å². The van der Waals surface area contributed by atoms with Crippen molar-refractivity contribution >= 4 is 0 Å². The van der Waals surface area contributed by atoms with Crippen molar-refractivity contribution in [2.24, 2.45) is 0 Å². The number of hydrogen-bond donors (Lipinski definition) is 0. The van der Waals surface area contributed by atoms with Gasteiger partial charge >= 0.3 is 0 Å². The van der Waals surface area contributed by atoms with Gasteiger partial charge in [0.2, 0.25) is 0 Å². The van der Waals surface area contributed by atoms with Gasteiger partial charge in [0.05, 0.1) is 7.11 Å². The summed E-state index contributed by atoms with van der Waals surface area (Å²) in [6.07, 6.45) is 2.89. The number of fused-ring (bicyclic) bond motifs is 1. The van der Waals surface area contributed by atoms with Gasteiger partial charge in [-0.15, -0.1) is 0 Å². The number of benzene rings is 2. The molecule has 0 aromatic heterocycles. The second kappa shape index (κ2) is 5.04. The van der Waals surface area contributed by atoms with E-state index in [0.29, 0.717) is 11.7 Å². The highest BCUT2D eigenvalue weighted by molar-refractivity contribution is 5.40. The zero-order valence-corrected chi connectivity index (χ0v) is 11.0. The van der Waals surface area contributed by atoms with Crippen LogP contribution < -0.4 is 4.74 Å². The summed E-state index contributed by atoms with van der Waals surface area (Å²) in [4.78, 5) is 0. The van der Waals surface area contributed by atoms with E-state index in [0.717, 1.165) is 24.8 Å². The smallest absolute Gasteiger partial charge is 0.168 e. The second-order valence-corrected chi connectivity index (χ2v) is 5.07. The number of aryl methyl sites for hydroxylation is 1. The summed E-state index contributed by atoms with van der Waals surface area (Å²) in [7, 11) is 1.50. The van der Waals surface area contributed by atoms with Crippen LogP contribution in [-0.2, 0) is 12.8 Å². The summed E-state index contributed by atoms with van der Waals surface area (Å²) in [6, 6.07) is 13.9. The van der Waals surface area contributed by atoms with E-state index in [1.807, 2.05) is 12.1 Å². The van der Waals surface area contributed by atoms with Crippen molar-refractivity contribution < 1.29 is 9.13 Å². The zero-order valence-electron chi connectivity index (χ0n) is 11.0. The molecule has 1 nitrogen and oxygen atoms in total. The van der Waals surface area contributed by atoms with E-state index in [2.05, 4.69) is 24.3 Å². The fraction of sp³-hybridized carbons (Fsp3) is 0.294. The van der Waals surface area contributed by atoms with E-state index < -0.39 is 0 Å². The number of hydrogen-bond acceptors (Lipinski definition) is 1. The summed E-state index contributed by atoms with van der Waals surface area (Å²) >= 11 is 0. The molecule has 1 aliphatic carbocycles. The monoisotopic (exact) mass is 256 g/mol. The first kappa shape index (κ1) is 12.2. The average Bonchev–Trinajstić information content (AvgIpc) is 2.41. The first-order valence-electron chi connectivity index (χ1n) is 6.69. The Kier molecular flexibility index (Phi) is 3.24. The SMILES string of the molecule is COc1cccc(CCC2Cc3ccccc32)c1F. The Bertz CT molecular complexity index is 592. The number of ether oxygens (including phenoxy) is 1. The Labute approximate surface area is 113 Å². The van der Waals surface area contributed by atoms with E-state index in [1.165, 1.54) is 18.2 Å². The lowest BCUT2D eigenvalue weighted by Gasteiger charge is -2.30. The number of halogens is 1. The van der Waals surface area contributed by atoms with Gasteiger partial charge in [-0.2, -0.15) is 0 Å². The minimum Gasteiger partial charge on any atom is -0.494 e. The van der Waals surface area contributed by atoms with Crippen molar-refractivity contribution in [2.75, 3.05) is 7.11 Å². The lowest BCUT2D eigenvalue weighted by atomic mass is 9.75. The van der Waals surface area contributed by atoms with Crippen molar-refractivity contribution in [3.8, 4) is 5.75 Å². The van der Waals surface area contributed by atoms with E-state index in [-0.39, 0.29) is 5.82 Å². The second-order valence-electron chi connectivity index (χ2n) is 5.07. The van der Waals surface area contributed by atoms with Gasteiger partial charge in [-0.25, -0.2) is 4.39 Å². The van der Waals surface area contributed by atoms with Gasteiger partial charge in [0.1, 0.15) is 0 Å². The van der Waals surface area contributed by atoms with E-state index in [4.69, 9.17) is 4.74 Å². The molecule has 19 heavy (non-hydrogen) atoms. The van der Waals surface area contributed by atoms with Crippen LogP contribution in [0.5, 0.6) is 5.75 Å². The van der Waals surface area contributed by atoms with Crippen LogP contribution in [0.2, 0.25) is 0 Å².